The topological polar surface area (TPSA) is 90.5 Å². The number of amides is 1. The Labute approximate surface area is 111 Å². The van der Waals surface area contributed by atoms with Gasteiger partial charge >= 0.3 is 5.97 Å². The maximum absolute atomic E-state index is 11.9. The Morgan fingerprint density at radius 3 is 2.53 bits per heavy atom. The fourth-order valence-corrected chi connectivity index (χ4v) is 2.17. The van der Waals surface area contributed by atoms with Gasteiger partial charge in [0.25, 0.3) is 5.91 Å². The van der Waals surface area contributed by atoms with E-state index in [4.69, 9.17) is 10.5 Å². The van der Waals surface area contributed by atoms with E-state index in [0.717, 1.165) is 25.9 Å². The molecule has 0 saturated carbocycles. The average Bonchev–Trinajstić information content (AvgIpc) is 2.96. The summed E-state index contributed by atoms with van der Waals surface area (Å²) in [7, 11) is 1.61. The third-order valence-corrected chi connectivity index (χ3v) is 3.25. The van der Waals surface area contributed by atoms with Crippen LogP contribution in [0.1, 0.15) is 29.0 Å². The molecule has 2 rings (SSSR count). The molecule has 0 atom stereocenters. The summed E-state index contributed by atoms with van der Waals surface area (Å²) in [5.41, 5.74) is 6.80. The van der Waals surface area contributed by atoms with Gasteiger partial charge in [0.1, 0.15) is 0 Å². The zero-order chi connectivity index (χ0) is 14.0. The lowest BCUT2D eigenvalue weighted by molar-refractivity contribution is -0.133. The second kappa shape index (κ2) is 5.29. The fraction of sp³-hybridized carbons (Fsp3) is 0.583. The van der Waals surface area contributed by atoms with Gasteiger partial charge in [0.2, 0.25) is 0 Å². The summed E-state index contributed by atoms with van der Waals surface area (Å²) in [5, 5.41) is 4.03. The molecule has 1 saturated heterocycles. The van der Waals surface area contributed by atoms with Crippen molar-refractivity contribution in [1.82, 2.24) is 14.7 Å². The molecule has 0 radical (unpaired) electrons. The Hall–Kier alpha value is -2.05. The van der Waals surface area contributed by atoms with Gasteiger partial charge in [-0.15, -0.1) is 0 Å². The predicted molar refractivity (Wildman–Crippen MR) is 68.5 cm³/mol. The van der Waals surface area contributed by atoms with Crippen LogP contribution in [0.5, 0.6) is 0 Å². The number of carbonyl (C=O) groups is 2. The van der Waals surface area contributed by atoms with Gasteiger partial charge in [0.05, 0.1) is 11.4 Å². The summed E-state index contributed by atoms with van der Waals surface area (Å²) in [6.45, 7) is 2.94. The first-order chi connectivity index (χ1) is 9.00. The maximum Gasteiger partial charge on any atom is 0.359 e. The zero-order valence-electron chi connectivity index (χ0n) is 11.2. The molecule has 1 aliphatic heterocycles. The number of aryl methyl sites for hydroxylation is 2. The van der Waals surface area contributed by atoms with Crippen LogP contribution in [0.4, 0.5) is 5.69 Å². The van der Waals surface area contributed by atoms with Crippen molar-refractivity contribution in [2.45, 2.75) is 19.8 Å². The molecule has 0 aromatic carbocycles. The van der Waals surface area contributed by atoms with E-state index in [1.54, 1.807) is 18.9 Å². The number of likely N-dealkylation sites (tertiary alicyclic amines) is 1. The Balaban J connectivity index is 1.95. The van der Waals surface area contributed by atoms with Crippen molar-refractivity contribution in [3.8, 4) is 0 Å². The van der Waals surface area contributed by atoms with Crippen LogP contribution < -0.4 is 5.73 Å². The van der Waals surface area contributed by atoms with Crippen LogP contribution in [0.25, 0.3) is 0 Å². The van der Waals surface area contributed by atoms with E-state index in [0.29, 0.717) is 11.4 Å². The number of nitrogens with two attached hydrogens (primary N) is 1. The van der Waals surface area contributed by atoms with Gasteiger partial charge in [-0.2, -0.15) is 5.10 Å². The van der Waals surface area contributed by atoms with Crippen molar-refractivity contribution in [3.63, 3.8) is 0 Å². The third kappa shape index (κ3) is 2.69. The van der Waals surface area contributed by atoms with E-state index in [2.05, 4.69) is 5.10 Å². The minimum atomic E-state index is -0.617. The van der Waals surface area contributed by atoms with Crippen molar-refractivity contribution in [2.75, 3.05) is 25.4 Å². The van der Waals surface area contributed by atoms with Gasteiger partial charge in [-0.3, -0.25) is 9.48 Å². The molecule has 0 unspecified atom stereocenters. The highest BCUT2D eigenvalue weighted by Crippen LogP contribution is 2.16. The van der Waals surface area contributed by atoms with Crippen LogP contribution in [-0.4, -0.2) is 46.3 Å². The monoisotopic (exact) mass is 266 g/mol. The van der Waals surface area contributed by atoms with Crippen LogP contribution in [0, 0.1) is 6.92 Å². The van der Waals surface area contributed by atoms with Gasteiger partial charge in [0, 0.05) is 20.1 Å². The first-order valence-electron chi connectivity index (χ1n) is 6.24. The molecule has 0 spiro atoms. The predicted octanol–water partition coefficient (Wildman–Crippen LogP) is 0.0899. The molecule has 1 aliphatic rings. The molecular formula is C12H18N4O3. The first kappa shape index (κ1) is 13.4. The highest BCUT2D eigenvalue weighted by Gasteiger charge is 2.23. The van der Waals surface area contributed by atoms with Crippen LogP contribution in [0.2, 0.25) is 0 Å². The Kier molecular flexibility index (Phi) is 3.73. The van der Waals surface area contributed by atoms with Gasteiger partial charge in [0.15, 0.2) is 12.3 Å². The van der Waals surface area contributed by atoms with Crippen molar-refractivity contribution in [1.29, 1.82) is 0 Å². The molecule has 19 heavy (non-hydrogen) atoms. The number of carbonyl (C=O) groups excluding carboxylic acids is 2. The van der Waals surface area contributed by atoms with E-state index in [9.17, 15) is 9.59 Å². The molecule has 7 nitrogen and oxygen atoms in total. The van der Waals surface area contributed by atoms with Crippen molar-refractivity contribution in [2.24, 2.45) is 7.05 Å². The number of nitrogen functional groups attached to an aromatic ring is 1. The lowest BCUT2D eigenvalue weighted by atomic mass is 10.3. The number of ether oxygens (including phenoxy) is 1. The van der Waals surface area contributed by atoms with E-state index < -0.39 is 5.97 Å². The summed E-state index contributed by atoms with van der Waals surface area (Å²) >= 11 is 0. The van der Waals surface area contributed by atoms with Crippen LogP contribution in [-0.2, 0) is 16.6 Å². The van der Waals surface area contributed by atoms with Crippen molar-refractivity contribution < 1.29 is 14.3 Å². The smallest absolute Gasteiger partial charge is 0.359 e. The number of hydrogen-bond donors (Lipinski definition) is 1. The molecule has 1 aromatic heterocycles. The average molecular weight is 266 g/mol. The van der Waals surface area contributed by atoms with Gasteiger partial charge in [-0.1, -0.05) is 0 Å². The van der Waals surface area contributed by atoms with E-state index in [-0.39, 0.29) is 18.2 Å². The molecule has 2 N–H and O–H groups in total. The van der Waals surface area contributed by atoms with Crippen LogP contribution >= 0.6 is 0 Å². The summed E-state index contributed by atoms with van der Waals surface area (Å²) < 4.78 is 6.37. The molecular weight excluding hydrogens is 248 g/mol. The Morgan fingerprint density at radius 1 is 1.37 bits per heavy atom. The number of anilines is 1. The van der Waals surface area contributed by atoms with Crippen LogP contribution in [0.15, 0.2) is 0 Å². The van der Waals surface area contributed by atoms with Crippen LogP contribution in [0.3, 0.4) is 0 Å². The molecule has 0 aliphatic carbocycles. The van der Waals surface area contributed by atoms with E-state index >= 15 is 0 Å². The van der Waals surface area contributed by atoms with E-state index in [1.165, 1.54) is 4.68 Å². The quantitative estimate of drug-likeness (QED) is 0.783. The summed E-state index contributed by atoms with van der Waals surface area (Å²) in [6.07, 6.45) is 2.01. The lowest BCUT2D eigenvalue weighted by Gasteiger charge is -2.14. The normalized spacial score (nSPS) is 14.7. The molecule has 0 bridgehead atoms. The molecule has 104 valence electrons. The summed E-state index contributed by atoms with van der Waals surface area (Å²) in [5.74, 6) is -0.781. The van der Waals surface area contributed by atoms with Gasteiger partial charge in [-0.05, 0) is 19.8 Å². The standard InChI is InChI=1S/C12H18N4O3/c1-8-10(13)11(15(2)14-8)12(18)19-7-9(17)16-5-3-4-6-16/h3-7,13H2,1-2H3. The number of hydrogen-bond acceptors (Lipinski definition) is 5. The largest absolute Gasteiger partial charge is 0.451 e. The second-order valence-electron chi connectivity index (χ2n) is 4.64. The number of aromatic nitrogens is 2. The number of esters is 1. The van der Waals surface area contributed by atoms with E-state index in [1.807, 2.05) is 0 Å². The minimum Gasteiger partial charge on any atom is -0.451 e. The molecule has 1 aromatic rings. The number of nitrogens with zero attached hydrogens (tertiary/aromatic N) is 3. The second-order valence-corrected chi connectivity index (χ2v) is 4.64. The molecule has 1 fully saturated rings. The first-order valence-corrected chi connectivity index (χ1v) is 6.24. The van der Waals surface area contributed by atoms with Gasteiger partial charge < -0.3 is 15.4 Å². The lowest BCUT2D eigenvalue weighted by Crippen LogP contribution is -2.32. The molecule has 1 amide bonds. The Morgan fingerprint density at radius 2 is 2.00 bits per heavy atom. The highest BCUT2D eigenvalue weighted by atomic mass is 16.5. The maximum atomic E-state index is 11.9. The third-order valence-electron chi connectivity index (χ3n) is 3.25. The van der Waals surface area contributed by atoms with Crippen molar-refractivity contribution in [3.05, 3.63) is 11.4 Å². The molecule has 7 heteroatoms. The highest BCUT2D eigenvalue weighted by molar-refractivity contribution is 5.95. The summed E-state index contributed by atoms with van der Waals surface area (Å²) in [4.78, 5) is 25.3. The van der Waals surface area contributed by atoms with Gasteiger partial charge in [-0.25, -0.2) is 4.79 Å². The SMILES string of the molecule is Cc1nn(C)c(C(=O)OCC(=O)N2CCCC2)c1N. The Bertz CT molecular complexity index is 503. The minimum absolute atomic E-state index is 0.164. The zero-order valence-corrected chi connectivity index (χ0v) is 11.2. The fourth-order valence-electron chi connectivity index (χ4n) is 2.17. The summed E-state index contributed by atoms with van der Waals surface area (Å²) in [6, 6.07) is 0. The molecule has 2 heterocycles. The number of rotatable bonds is 3. The van der Waals surface area contributed by atoms with Crippen molar-refractivity contribution >= 4 is 17.6 Å².